The number of anilines is 1. The van der Waals surface area contributed by atoms with E-state index in [2.05, 4.69) is 10.3 Å². The van der Waals surface area contributed by atoms with E-state index in [1.54, 1.807) is 24.3 Å². The Labute approximate surface area is 130 Å². The number of hydrogen-bond acceptors (Lipinski definition) is 4. The van der Waals surface area contributed by atoms with Crippen LogP contribution in [0.2, 0.25) is 0 Å². The van der Waals surface area contributed by atoms with E-state index in [0.717, 1.165) is 4.57 Å². The van der Waals surface area contributed by atoms with Gasteiger partial charge in [-0.25, -0.2) is 4.98 Å². The standard InChI is InChI=1S/C14H15F2N3O2S/c1-22-9-13(20)18-10-2-4-11(5-3-10)21-8-12-17-6-7-19(12)14(15)16/h2-7,14H,8-9H2,1H3,(H,18,20). The molecule has 0 spiro atoms. The summed E-state index contributed by atoms with van der Waals surface area (Å²) in [5.74, 6) is 0.952. The van der Waals surface area contributed by atoms with Gasteiger partial charge in [-0.1, -0.05) is 0 Å². The zero-order chi connectivity index (χ0) is 15.9. The number of carbonyl (C=O) groups is 1. The Kier molecular flexibility index (Phi) is 5.76. The molecule has 0 aliphatic carbocycles. The first kappa shape index (κ1) is 16.3. The molecule has 1 N–H and O–H groups in total. The fraction of sp³-hybridized carbons (Fsp3) is 0.286. The molecule has 0 radical (unpaired) electrons. The van der Waals surface area contributed by atoms with Crippen molar-refractivity contribution >= 4 is 23.4 Å². The van der Waals surface area contributed by atoms with Crippen LogP contribution in [0.25, 0.3) is 0 Å². The molecule has 1 amide bonds. The molecule has 0 fully saturated rings. The van der Waals surface area contributed by atoms with Crippen LogP contribution in [0.15, 0.2) is 36.7 Å². The lowest BCUT2D eigenvalue weighted by atomic mass is 10.3. The van der Waals surface area contributed by atoms with Crippen molar-refractivity contribution in [2.45, 2.75) is 13.2 Å². The lowest BCUT2D eigenvalue weighted by molar-refractivity contribution is -0.113. The summed E-state index contributed by atoms with van der Waals surface area (Å²) in [6.07, 6.45) is 4.35. The number of hydrogen-bond donors (Lipinski definition) is 1. The van der Waals surface area contributed by atoms with Gasteiger partial charge in [-0.2, -0.15) is 20.5 Å². The Bertz CT molecular complexity index is 617. The van der Waals surface area contributed by atoms with E-state index in [4.69, 9.17) is 4.74 Å². The molecule has 0 saturated carbocycles. The monoisotopic (exact) mass is 327 g/mol. The normalized spacial score (nSPS) is 10.7. The second-order valence-electron chi connectivity index (χ2n) is 4.32. The highest BCUT2D eigenvalue weighted by atomic mass is 32.2. The topological polar surface area (TPSA) is 56.1 Å². The summed E-state index contributed by atoms with van der Waals surface area (Å²) in [6.45, 7) is -2.70. The van der Waals surface area contributed by atoms with Gasteiger partial charge in [-0.05, 0) is 30.5 Å². The van der Waals surface area contributed by atoms with Gasteiger partial charge in [0.25, 0.3) is 0 Å². The third-order valence-electron chi connectivity index (χ3n) is 2.74. The molecule has 118 valence electrons. The van der Waals surface area contributed by atoms with Gasteiger partial charge in [0.05, 0.1) is 5.75 Å². The summed E-state index contributed by atoms with van der Waals surface area (Å²) < 4.78 is 31.5. The molecule has 2 rings (SSSR count). The van der Waals surface area contributed by atoms with E-state index in [9.17, 15) is 13.6 Å². The number of aromatic nitrogens is 2. The third kappa shape index (κ3) is 4.45. The first-order valence-electron chi connectivity index (χ1n) is 6.41. The average molecular weight is 327 g/mol. The predicted octanol–water partition coefficient (Wildman–Crippen LogP) is 3.16. The molecule has 22 heavy (non-hydrogen) atoms. The molecule has 0 aliphatic heterocycles. The van der Waals surface area contributed by atoms with E-state index in [1.807, 2.05) is 6.26 Å². The molecular weight excluding hydrogens is 312 g/mol. The van der Waals surface area contributed by atoms with Crippen molar-refractivity contribution in [3.05, 3.63) is 42.5 Å². The number of amides is 1. The van der Waals surface area contributed by atoms with Crippen LogP contribution in [0, 0.1) is 0 Å². The van der Waals surface area contributed by atoms with Crippen LogP contribution in [0.4, 0.5) is 14.5 Å². The van der Waals surface area contributed by atoms with Crippen LogP contribution < -0.4 is 10.1 Å². The highest BCUT2D eigenvalue weighted by Gasteiger charge is 2.11. The fourth-order valence-corrected chi connectivity index (χ4v) is 2.08. The van der Waals surface area contributed by atoms with Gasteiger partial charge >= 0.3 is 6.55 Å². The molecule has 0 aliphatic rings. The van der Waals surface area contributed by atoms with Gasteiger partial charge < -0.3 is 10.1 Å². The maximum Gasteiger partial charge on any atom is 0.320 e. The second-order valence-corrected chi connectivity index (χ2v) is 5.19. The molecule has 0 bridgehead atoms. The van der Waals surface area contributed by atoms with E-state index in [0.29, 0.717) is 17.2 Å². The molecule has 1 aromatic heterocycles. The molecule has 0 saturated heterocycles. The number of alkyl halides is 2. The fourth-order valence-electron chi connectivity index (χ4n) is 1.74. The van der Waals surface area contributed by atoms with E-state index in [-0.39, 0.29) is 18.3 Å². The summed E-state index contributed by atoms with van der Waals surface area (Å²) in [5, 5.41) is 2.73. The summed E-state index contributed by atoms with van der Waals surface area (Å²) in [5.41, 5.74) is 0.653. The van der Waals surface area contributed by atoms with Crippen molar-refractivity contribution < 1.29 is 18.3 Å². The van der Waals surface area contributed by atoms with Crippen LogP contribution in [-0.2, 0) is 11.4 Å². The first-order valence-corrected chi connectivity index (χ1v) is 7.81. The third-order valence-corrected chi connectivity index (χ3v) is 3.29. The number of imidazole rings is 1. The van der Waals surface area contributed by atoms with Crippen LogP contribution in [0.3, 0.4) is 0 Å². The number of benzene rings is 1. The number of carbonyl (C=O) groups excluding carboxylic acids is 1. The molecule has 5 nitrogen and oxygen atoms in total. The van der Waals surface area contributed by atoms with Crippen molar-refractivity contribution in [1.29, 1.82) is 0 Å². The Balaban J connectivity index is 1.91. The summed E-state index contributed by atoms with van der Waals surface area (Å²) in [6, 6.07) is 6.69. The number of nitrogens with zero attached hydrogens (tertiary/aromatic N) is 2. The number of thioether (sulfide) groups is 1. The van der Waals surface area contributed by atoms with E-state index >= 15 is 0 Å². The van der Waals surface area contributed by atoms with Gasteiger partial charge in [0.2, 0.25) is 5.91 Å². The smallest absolute Gasteiger partial charge is 0.320 e. The van der Waals surface area contributed by atoms with Crippen molar-refractivity contribution in [3.63, 3.8) is 0 Å². The number of ether oxygens (including phenoxy) is 1. The second kappa shape index (κ2) is 7.79. The number of nitrogens with one attached hydrogen (secondary N) is 1. The van der Waals surface area contributed by atoms with Gasteiger partial charge in [0, 0.05) is 18.1 Å². The molecule has 8 heteroatoms. The highest BCUT2D eigenvalue weighted by Crippen LogP contribution is 2.18. The first-order chi connectivity index (χ1) is 10.6. The Hall–Kier alpha value is -2.09. The summed E-state index contributed by atoms with van der Waals surface area (Å²) >= 11 is 1.44. The van der Waals surface area contributed by atoms with Crippen LogP contribution in [0.1, 0.15) is 12.4 Å². The largest absolute Gasteiger partial charge is 0.486 e. The van der Waals surface area contributed by atoms with E-state index < -0.39 is 6.55 Å². The lowest BCUT2D eigenvalue weighted by Crippen LogP contribution is -2.13. The SMILES string of the molecule is CSCC(=O)Nc1ccc(OCc2nccn2C(F)F)cc1. The van der Waals surface area contributed by atoms with Crippen LogP contribution >= 0.6 is 11.8 Å². The summed E-state index contributed by atoms with van der Waals surface area (Å²) in [7, 11) is 0. The Morgan fingerprint density at radius 2 is 2.14 bits per heavy atom. The van der Waals surface area contributed by atoms with Crippen molar-refractivity contribution in [3.8, 4) is 5.75 Å². The van der Waals surface area contributed by atoms with Gasteiger partial charge in [-0.3, -0.25) is 9.36 Å². The van der Waals surface area contributed by atoms with Gasteiger partial charge in [-0.15, -0.1) is 0 Å². The average Bonchev–Trinajstić information content (AvgIpc) is 2.95. The van der Waals surface area contributed by atoms with Gasteiger partial charge in [0.15, 0.2) is 5.82 Å². The molecular formula is C14H15F2N3O2S. The van der Waals surface area contributed by atoms with Crippen LogP contribution in [0.5, 0.6) is 5.75 Å². The molecule has 1 heterocycles. The zero-order valence-corrected chi connectivity index (χ0v) is 12.6. The van der Waals surface area contributed by atoms with Crippen molar-refractivity contribution in [2.24, 2.45) is 0 Å². The minimum Gasteiger partial charge on any atom is -0.486 e. The maximum absolute atomic E-state index is 12.6. The van der Waals surface area contributed by atoms with E-state index in [1.165, 1.54) is 24.2 Å². The Morgan fingerprint density at radius 3 is 2.77 bits per heavy atom. The van der Waals surface area contributed by atoms with Crippen LogP contribution in [-0.4, -0.2) is 27.5 Å². The maximum atomic E-state index is 12.6. The zero-order valence-electron chi connectivity index (χ0n) is 11.8. The minimum atomic E-state index is -2.64. The summed E-state index contributed by atoms with van der Waals surface area (Å²) in [4.78, 5) is 15.3. The predicted molar refractivity (Wildman–Crippen MR) is 81.3 cm³/mol. The molecule has 0 unspecified atom stereocenters. The Morgan fingerprint density at radius 1 is 1.41 bits per heavy atom. The van der Waals surface area contributed by atoms with Crippen molar-refractivity contribution in [2.75, 3.05) is 17.3 Å². The molecule has 0 atom stereocenters. The molecule has 1 aromatic carbocycles. The number of rotatable bonds is 7. The molecule has 2 aromatic rings. The lowest BCUT2D eigenvalue weighted by Gasteiger charge is -2.09. The van der Waals surface area contributed by atoms with Crippen molar-refractivity contribution in [1.82, 2.24) is 9.55 Å². The quantitative estimate of drug-likeness (QED) is 0.849. The number of halogens is 2. The minimum absolute atomic E-state index is 0.0600. The highest BCUT2D eigenvalue weighted by molar-refractivity contribution is 7.99. The van der Waals surface area contributed by atoms with Gasteiger partial charge in [0.1, 0.15) is 12.4 Å².